The predicted octanol–water partition coefficient (Wildman–Crippen LogP) is -0.0525. The quantitative estimate of drug-likeness (QED) is 0.672. The molecule has 1 saturated heterocycles. The molecule has 1 aromatic heterocycles. The van der Waals surface area contributed by atoms with Crippen molar-refractivity contribution in [1.29, 1.82) is 0 Å². The molecule has 0 aromatic carbocycles. The van der Waals surface area contributed by atoms with Crippen LogP contribution in [0.25, 0.3) is 0 Å². The molecule has 1 aliphatic rings. The molecule has 2 heterocycles. The molecule has 1 aromatic rings. The number of carbonyl (C=O) groups excluding carboxylic acids is 2. The number of nitrogen functional groups attached to an aromatic ring is 1. The molecule has 4 N–H and O–H groups in total. The van der Waals surface area contributed by atoms with Gasteiger partial charge in [-0.1, -0.05) is 0 Å². The molecule has 17 heavy (non-hydrogen) atoms. The first-order chi connectivity index (χ1) is 8.13. The van der Waals surface area contributed by atoms with E-state index in [9.17, 15) is 9.59 Å². The number of likely N-dealkylation sites (N-methyl/N-ethyl adjacent to an activating group) is 1. The van der Waals surface area contributed by atoms with Gasteiger partial charge < -0.3 is 20.9 Å². The van der Waals surface area contributed by atoms with E-state index >= 15 is 0 Å². The Kier molecular flexibility index (Phi) is 3.03. The summed E-state index contributed by atoms with van der Waals surface area (Å²) in [7, 11) is 1.58. The summed E-state index contributed by atoms with van der Waals surface area (Å²) in [6.07, 6.45) is 3.12. The summed E-state index contributed by atoms with van der Waals surface area (Å²) in [5.74, 6) is -0.289. The molecule has 1 aliphatic heterocycles. The first-order valence-corrected chi connectivity index (χ1v) is 5.60. The van der Waals surface area contributed by atoms with Gasteiger partial charge in [-0.15, -0.1) is 0 Å². The molecule has 6 nitrogen and oxygen atoms in total. The van der Waals surface area contributed by atoms with Gasteiger partial charge in [0.25, 0.3) is 5.91 Å². The number of hydrogen-bond acceptors (Lipinski definition) is 3. The maximum atomic E-state index is 12.2. The van der Waals surface area contributed by atoms with Gasteiger partial charge in [-0.3, -0.25) is 9.59 Å². The number of nitrogens with two attached hydrogens (primary N) is 1. The average molecular weight is 236 g/mol. The number of carbonyl (C=O) groups is 2. The van der Waals surface area contributed by atoms with Crippen molar-refractivity contribution >= 4 is 17.5 Å². The molecule has 0 spiro atoms. The van der Waals surface area contributed by atoms with Gasteiger partial charge in [-0.05, 0) is 18.9 Å². The molecule has 1 fully saturated rings. The highest BCUT2D eigenvalue weighted by molar-refractivity contribution is 5.97. The Hall–Kier alpha value is -1.98. The molecule has 0 radical (unpaired) electrons. The third kappa shape index (κ3) is 2.11. The molecule has 2 rings (SSSR count). The summed E-state index contributed by atoms with van der Waals surface area (Å²) in [5.41, 5.74) is 6.50. The molecule has 6 heteroatoms. The van der Waals surface area contributed by atoms with E-state index in [-0.39, 0.29) is 17.9 Å². The van der Waals surface area contributed by atoms with Gasteiger partial charge in [0.2, 0.25) is 5.91 Å². The highest BCUT2D eigenvalue weighted by atomic mass is 16.2. The molecule has 0 aliphatic carbocycles. The molecule has 0 bridgehead atoms. The monoisotopic (exact) mass is 236 g/mol. The maximum absolute atomic E-state index is 12.2. The van der Waals surface area contributed by atoms with Crippen LogP contribution in [0.4, 0.5) is 5.69 Å². The van der Waals surface area contributed by atoms with E-state index in [0.29, 0.717) is 24.3 Å². The fourth-order valence-electron chi connectivity index (χ4n) is 2.14. The summed E-state index contributed by atoms with van der Waals surface area (Å²) < 4.78 is 0. The van der Waals surface area contributed by atoms with Crippen molar-refractivity contribution in [2.45, 2.75) is 18.9 Å². The minimum Gasteiger partial charge on any atom is -0.397 e. The molecule has 0 saturated carbocycles. The molecular formula is C11H16N4O2. The van der Waals surface area contributed by atoms with Crippen molar-refractivity contribution in [2.24, 2.45) is 0 Å². The second-order valence-corrected chi connectivity index (χ2v) is 4.12. The Bertz CT molecular complexity index is 440. The zero-order chi connectivity index (χ0) is 12.4. The Morgan fingerprint density at radius 3 is 2.94 bits per heavy atom. The number of likely N-dealkylation sites (tertiary alicyclic amines) is 1. The fourth-order valence-corrected chi connectivity index (χ4v) is 2.14. The number of anilines is 1. The topological polar surface area (TPSA) is 91.2 Å². The van der Waals surface area contributed by atoms with Gasteiger partial charge in [0, 0.05) is 25.5 Å². The van der Waals surface area contributed by atoms with Gasteiger partial charge in [0.15, 0.2) is 0 Å². The van der Waals surface area contributed by atoms with E-state index < -0.39 is 0 Å². The van der Waals surface area contributed by atoms with E-state index in [4.69, 9.17) is 5.73 Å². The number of aromatic amines is 1. The molecule has 1 atom stereocenters. The fraction of sp³-hybridized carbons (Fsp3) is 0.455. The first kappa shape index (κ1) is 11.5. The van der Waals surface area contributed by atoms with Gasteiger partial charge >= 0.3 is 0 Å². The van der Waals surface area contributed by atoms with Crippen LogP contribution in [0.2, 0.25) is 0 Å². The standard InChI is InChI=1S/C11H16N4O2/c1-13-10(16)9-3-2-4-15(9)11(17)8-5-7(12)6-14-8/h5-6,9,14H,2-4,12H2,1H3,(H,13,16). The number of amides is 2. The third-order valence-electron chi connectivity index (χ3n) is 3.00. The average Bonchev–Trinajstić information content (AvgIpc) is 2.95. The normalized spacial score (nSPS) is 19.4. The second kappa shape index (κ2) is 4.48. The Balaban J connectivity index is 2.16. The zero-order valence-electron chi connectivity index (χ0n) is 9.69. The molecule has 2 amide bonds. The number of H-pyrrole nitrogens is 1. The molecule has 92 valence electrons. The van der Waals surface area contributed by atoms with Crippen LogP contribution in [-0.4, -0.2) is 41.3 Å². The largest absolute Gasteiger partial charge is 0.397 e. The lowest BCUT2D eigenvalue weighted by Gasteiger charge is -2.22. The van der Waals surface area contributed by atoms with Crippen LogP contribution in [0.1, 0.15) is 23.3 Å². The molecule has 1 unspecified atom stereocenters. The van der Waals surface area contributed by atoms with E-state index in [1.165, 1.54) is 0 Å². The number of nitrogens with zero attached hydrogens (tertiary/aromatic N) is 1. The molecular weight excluding hydrogens is 220 g/mol. The number of hydrogen-bond donors (Lipinski definition) is 3. The van der Waals surface area contributed by atoms with Crippen molar-refractivity contribution in [2.75, 3.05) is 19.3 Å². The van der Waals surface area contributed by atoms with Gasteiger partial charge in [-0.25, -0.2) is 0 Å². The Morgan fingerprint density at radius 1 is 1.59 bits per heavy atom. The van der Waals surface area contributed by atoms with Crippen LogP contribution in [0.5, 0.6) is 0 Å². The SMILES string of the molecule is CNC(=O)C1CCCN1C(=O)c1cc(N)c[nH]1. The first-order valence-electron chi connectivity index (χ1n) is 5.60. The Labute approximate surface area is 99.2 Å². The lowest BCUT2D eigenvalue weighted by atomic mass is 10.2. The van der Waals surface area contributed by atoms with Crippen molar-refractivity contribution in [3.05, 3.63) is 18.0 Å². The van der Waals surface area contributed by atoms with E-state index in [1.54, 1.807) is 24.2 Å². The lowest BCUT2D eigenvalue weighted by molar-refractivity contribution is -0.124. The van der Waals surface area contributed by atoms with Crippen LogP contribution in [-0.2, 0) is 4.79 Å². The van der Waals surface area contributed by atoms with E-state index in [2.05, 4.69) is 10.3 Å². The summed E-state index contributed by atoms with van der Waals surface area (Å²) >= 11 is 0. The van der Waals surface area contributed by atoms with Gasteiger partial charge in [0.05, 0.1) is 0 Å². The van der Waals surface area contributed by atoms with Crippen molar-refractivity contribution in [3.8, 4) is 0 Å². The van der Waals surface area contributed by atoms with Crippen LogP contribution in [0, 0.1) is 0 Å². The van der Waals surface area contributed by atoms with E-state index in [1.807, 2.05) is 0 Å². The Morgan fingerprint density at radius 2 is 2.35 bits per heavy atom. The highest BCUT2D eigenvalue weighted by Crippen LogP contribution is 2.20. The lowest BCUT2D eigenvalue weighted by Crippen LogP contribution is -2.45. The van der Waals surface area contributed by atoms with Crippen molar-refractivity contribution < 1.29 is 9.59 Å². The highest BCUT2D eigenvalue weighted by Gasteiger charge is 2.34. The smallest absolute Gasteiger partial charge is 0.271 e. The predicted molar refractivity (Wildman–Crippen MR) is 63.3 cm³/mol. The summed E-state index contributed by atoms with van der Waals surface area (Å²) in [4.78, 5) is 28.2. The zero-order valence-corrected chi connectivity index (χ0v) is 9.69. The summed E-state index contributed by atoms with van der Waals surface area (Å²) in [6, 6.07) is 1.22. The minimum atomic E-state index is -0.364. The second-order valence-electron chi connectivity index (χ2n) is 4.12. The third-order valence-corrected chi connectivity index (χ3v) is 3.00. The number of nitrogens with one attached hydrogen (secondary N) is 2. The van der Waals surface area contributed by atoms with E-state index in [0.717, 1.165) is 6.42 Å². The minimum absolute atomic E-state index is 0.115. The van der Waals surface area contributed by atoms with Crippen LogP contribution >= 0.6 is 0 Å². The summed E-state index contributed by atoms with van der Waals surface area (Å²) in [5, 5.41) is 2.58. The van der Waals surface area contributed by atoms with Gasteiger partial charge in [0.1, 0.15) is 11.7 Å². The van der Waals surface area contributed by atoms with Crippen LogP contribution in [0.15, 0.2) is 12.3 Å². The number of rotatable bonds is 2. The maximum Gasteiger partial charge on any atom is 0.271 e. The van der Waals surface area contributed by atoms with Crippen molar-refractivity contribution in [3.63, 3.8) is 0 Å². The van der Waals surface area contributed by atoms with Gasteiger partial charge in [-0.2, -0.15) is 0 Å². The van der Waals surface area contributed by atoms with Crippen molar-refractivity contribution in [1.82, 2.24) is 15.2 Å². The van der Waals surface area contributed by atoms with Crippen LogP contribution in [0.3, 0.4) is 0 Å². The number of aromatic nitrogens is 1. The van der Waals surface area contributed by atoms with Crippen LogP contribution < -0.4 is 11.1 Å². The summed E-state index contributed by atoms with van der Waals surface area (Å²) in [6.45, 7) is 0.607.